The van der Waals surface area contributed by atoms with Crippen molar-refractivity contribution in [1.29, 1.82) is 0 Å². The smallest absolute Gasteiger partial charge is 0.200 e. The summed E-state index contributed by atoms with van der Waals surface area (Å²) in [5.74, 6) is 0. The zero-order valence-corrected chi connectivity index (χ0v) is 18.3. The van der Waals surface area contributed by atoms with Gasteiger partial charge >= 0.3 is 0 Å². The third-order valence-electron chi connectivity index (χ3n) is 4.77. The molecule has 0 aliphatic heterocycles. The number of aliphatic hydroxyl groups excluding tert-OH is 1. The summed E-state index contributed by atoms with van der Waals surface area (Å²) >= 11 is 4.14. The second kappa shape index (κ2) is 12.9. The quantitative estimate of drug-likeness (QED) is 0.503. The highest BCUT2D eigenvalue weighted by Gasteiger charge is 2.37. The van der Waals surface area contributed by atoms with E-state index in [0.717, 1.165) is 24.2 Å². The molecule has 1 atom stereocenters. The Hall–Kier alpha value is -1.33. The average Bonchev–Trinajstić information content (AvgIpc) is 2.65. The lowest BCUT2D eigenvalue weighted by Crippen LogP contribution is -2.33. The first-order valence-corrected chi connectivity index (χ1v) is 9.65. The molecule has 0 fully saturated rings. The monoisotopic (exact) mass is 409 g/mol. The van der Waals surface area contributed by atoms with Crippen LogP contribution in [0.25, 0.3) is 0 Å². The van der Waals surface area contributed by atoms with Crippen LogP contribution in [0.3, 0.4) is 0 Å². The lowest BCUT2D eigenvalue weighted by molar-refractivity contribution is -0.114. The van der Waals surface area contributed by atoms with Crippen molar-refractivity contribution in [2.24, 2.45) is 0 Å². The fourth-order valence-electron chi connectivity index (χ4n) is 3.17. The van der Waals surface area contributed by atoms with E-state index in [1.807, 2.05) is 86.3 Å². The SMILES string of the molecule is CCC(C(=O)S)(c1ccccc1)c1ccccc1.CCN(CC)C(C)O.Cl. The third kappa shape index (κ3) is 6.65. The summed E-state index contributed by atoms with van der Waals surface area (Å²) in [5, 5.41) is 8.83. The van der Waals surface area contributed by atoms with E-state index in [4.69, 9.17) is 5.11 Å². The number of thiol groups is 1. The first-order valence-electron chi connectivity index (χ1n) is 9.20. The summed E-state index contributed by atoms with van der Waals surface area (Å²) in [6.45, 7) is 9.73. The molecule has 1 unspecified atom stereocenters. The van der Waals surface area contributed by atoms with Crippen LogP contribution >= 0.6 is 25.0 Å². The van der Waals surface area contributed by atoms with Gasteiger partial charge in [-0.1, -0.05) is 81.4 Å². The van der Waals surface area contributed by atoms with E-state index >= 15 is 0 Å². The van der Waals surface area contributed by atoms with Gasteiger partial charge in [0.05, 0.1) is 5.41 Å². The standard InChI is InChI=1S/C16H16OS.C6H15NO.ClH/c1-2-16(15(17)18,13-9-5-3-6-10-13)14-11-7-4-8-12-14;1-4-7(5-2)6(3)8;/h3-12H,2H2,1H3,(H,17,18);6,8H,4-5H2,1-3H3;1H. The molecule has 3 nitrogen and oxygen atoms in total. The van der Waals surface area contributed by atoms with E-state index in [2.05, 4.69) is 12.6 Å². The number of hydrogen-bond acceptors (Lipinski definition) is 3. The van der Waals surface area contributed by atoms with Gasteiger partial charge in [0.1, 0.15) is 6.23 Å². The molecule has 0 aliphatic carbocycles. The Balaban J connectivity index is 0.000000645. The Morgan fingerprint density at radius 2 is 1.33 bits per heavy atom. The molecule has 27 heavy (non-hydrogen) atoms. The van der Waals surface area contributed by atoms with Gasteiger partial charge in [0.15, 0.2) is 0 Å². The van der Waals surface area contributed by atoms with E-state index in [0.29, 0.717) is 6.42 Å². The first kappa shape index (κ1) is 25.7. The molecule has 2 aromatic rings. The fourth-order valence-corrected chi connectivity index (χ4v) is 3.59. The number of carbonyl (C=O) groups is 1. The highest BCUT2D eigenvalue weighted by Crippen LogP contribution is 2.37. The normalized spacial score (nSPS) is 11.8. The van der Waals surface area contributed by atoms with Gasteiger partial charge in [-0.2, -0.15) is 0 Å². The number of rotatable bonds is 7. The maximum absolute atomic E-state index is 12.2. The molecule has 150 valence electrons. The number of aliphatic hydroxyl groups is 1. The first-order chi connectivity index (χ1) is 12.4. The Bertz CT molecular complexity index is 606. The molecule has 2 aromatic carbocycles. The van der Waals surface area contributed by atoms with Crippen molar-refractivity contribution in [3.63, 3.8) is 0 Å². The second-order valence-electron chi connectivity index (χ2n) is 6.15. The van der Waals surface area contributed by atoms with Gasteiger partial charge in [0, 0.05) is 0 Å². The lowest BCUT2D eigenvalue weighted by Gasteiger charge is -2.30. The Labute approximate surface area is 175 Å². The fraction of sp³-hybridized carbons (Fsp3) is 0.409. The van der Waals surface area contributed by atoms with Crippen LogP contribution in [0, 0.1) is 0 Å². The van der Waals surface area contributed by atoms with Crippen LogP contribution < -0.4 is 0 Å². The minimum absolute atomic E-state index is 0. The number of carbonyl (C=O) groups excluding carboxylic acids is 1. The maximum atomic E-state index is 12.2. The van der Waals surface area contributed by atoms with Gasteiger partial charge in [-0.05, 0) is 37.6 Å². The molecule has 0 heterocycles. The van der Waals surface area contributed by atoms with Crippen molar-refractivity contribution in [3.8, 4) is 0 Å². The highest BCUT2D eigenvalue weighted by atomic mass is 35.5. The summed E-state index contributed by atoms with van der Waals surface area (Å²) in [7, 11) is 0. The Kier molecular flexibility index (Phi) is 12.3. The third-order valence-corrected chi connectivity index (χ3v) is 5.15. The molecule has 0 aromatic heterocycles. The van der Waals surface area contributed by atoms with Crippen LogP contribution in [0.15, 0.2) is 60.7 Å². The largest absolute Gasteiger partial charge is 0.379 e. The number of nitrogens with zero attached hydrogens (tertiary/aromatic N) is 1. The predicted molar refractivity (Wildman–Crippen MR) is 120 cm³/mol. The van der Waals surface area contributed by atoms with Crippen molar-refractivity contribution in [2.45, 2.75) is 45.8 Å². The van der Waals surface area contributed by atoms with Gasteiger partial charge in [-0.15, -0.1) is 25.0 Å². The molecule has 0 spiro atoms. The summed E-state index contributed by atoms with van der Waals surface area (Å²) in [6.07, 6.45) is 0.411. The van der Waals surface area contributed by atoms with Crippen LogP contribution in [0.2, 0.25) is 0 Å². The van der Waals surface area contributed by atoms with Crippen molar-refractivity contribution in [2.75, 3.05) is 13.1 Å². The van der Waals surface area contributed by atoms with Gasteiger partial charge in [0.25, 0.3) is 0 Å². The molecule has 0 bridgehead atoms. The van der Waals surface area contributed by atoms with Gasteiger partial charge < -0.3 is 5.11 Å². The molecular weight excluding hydrogens is 378 g/mol. The highest BCUT2D eigenvalue weighted by molar-refractivity contribution is 7.96. The number of halogens is 1. The van der Waals surface area contributed by atoms with Crippen LogP contribution in [0.5, 0.6) is 0 Å². The molecule has 0 saturated carbocycles. The summed E-state index contributed by atoms with van der Waals surface area (Å²) < 4.78 is 0. The molecule has 2 rings (SSSR count). The molecule has 0 aliphatic rings. The lowest BCUT2D eigenvalue weighted by atomic mass is 9.73. The Morgan fingerprint density at radius 3 is 1.52 bits per heavy atom. The van der Waals surface area contributed by atoms with Crippen molar-refractivity contribution < 1.29 is 9.90 Å². The van der Waals surface area contributed by atoms with Crippen molar-refractivity contribution in [1.82, 2.24) is 4.90 Å². The topological polar surface area (TPSA) is 40.5 Å². The summed E-state index contributed by atoms with van der Waals surface area (Å²) in [5.41, 5.74) is 1.35. The zero-order chi connectivity index (χ0) is 19.6. The number of hydrogen-bond donors (Lipinski definition) is 2. The average molecular weight is 410 g/mol. The van der Waals surface area contributed by atoms with E-state index < -0.39 is 5.41 Å². The van der Waals surface area contributed by atoms with Crippen LogP contribution in [0.1, 0.15) is 45.2 Å². The zero-order valence-electron chi connectivity index (χ0n) is 16.6. The molecule has 0 radical (unpaired) electrons. The van der Waals surface area contributed by atoms with Crippen molar-refractivity contribution in [3.05, 3.63) is 71.8 Å². The molecule has 5 heteroatoms. The second-order valence-corrected chi connectivity index (χ2v) is 6.56. The maximum Gasteiger partial charge on any atom is 0.200 e. The minimum atomic E-state index is -0.647. The van der Waals surface area contributed by atoms with E-state index in [1.54, 1.807) is 6.92 Å². The minimum Gasteiger partial charge on any atom is -0.379 e. The van der Waals surface area contributed by atoms with Crippen molar-refractivity contribution >= 4 is 30.2 Å². The van der Waals surface area contributed by atoms with E-state index in [9.17, 15) is 4.79 Å². The number of benzene rings is 2. The molecular formula is C22H32ClNO2S. The van der Waals surface area contributed by atoms with Gasteiger partial charge in [-0.25, -0.2) is 0 Å². The van der Waals surface area contributed by atoms with Crippen LogP contribution in [0.4, 0.5) is 0 Å². The van der Waals surface area contributed by atoms with Crippen LogP contribution in [-0.2, 0) is 10.2 Å². The van der Waals surface area contributed by atoms with Gasteiger partial charge in [0.2, 0.25) is 5.12 Å². The van der Waals surface area contributed by atoms with E-state index in [1.165, 1.54) is 0 Å². The summed E-state index contributed by atoms with van der Waals surface area (Å²) in [6, 6.07) is 19.7. The summed E-state index contributed by atoms with van der Waals surface area (Å²) in [4.78, 5) is 14.1. The molecule has 0 saturated heterocycles. The molecule has 1 N–H and O–H groups in total. The predicted octanol–water partition coefficient (Wildman–Crippen LogP) is 4.93. The van der Waals surface area contributed by atoms with Crippen LogP contribution in [-0.4, -0.2) is 34.4 Å². The van der Waals surface area contributed by atoms with Gasteiger partial charge in [-0.3, -0.25) is 9.69 Å². The van der Waals surface area contributed by atoms with E-state index in [-0.39, 0.29) is 23.8 Å². The molecule has 0 amide bonds. The Morgan fingerprint density at radius 1 is 0.963 bits per heavy atom.